The van der Waals surface area contributed by atoms with Crippen LogP contribution in [0.4, 0.5) is 11.4 Å². The molecule has 8 nitrogen and oxygen atoms in total. The van der Waals surface area contributed by atoms with Crippen molar-refractivity contribution in [1.82, 2.24) is 9.78 Å². The number of aryl methyl sites for hydroxylation is 1. The van der Waals surface area contributed by atoms with Gasteiger partial charge >= 0.3 is 0 Å². The van der Waals surface area contributed by atoms with Gasteiger partial charge in [-0.25, -0.2) is 13.1 Å². The predicted octanol–water partition coefficient (Wildman–Crippen LogP) is 2.68. The van der Waals surface area contributed by atoms with Crippen molar-refractivity contribution in [2.45, 2.75) is 13.8 Å². The summed E-state index contributed by atoms with van der Waals surface area (Å²) >= 11 is 0. The minimum atomic E-state index is -3.39. The zero-order valence-electron chi connectivity index (χ0n) is 16.1. The van der Waals surface area contributed by atoms with Gasteiger partial charge in [-0.2, -0.15) is 5.10 Å². The van der Waals surface area contributed by atoms with Gasteiger partial charge in [0.2, 0.25) is 10.0 Å². The van der Waals surface area contributed by atoms with E-state index < -0.39 is 21.7 Å². The fraction of sp³-hybridized carbons (Fsp3) is 0.150. The van der Waals surface area contributed by atoms with Crippen molar-refractivity contribution in [3.8, 4) is 5.69 Å². The average molecular weight is 412 g/mol. The van der Waals surface area contributed by atoms with Crippen LogP contribution in [0.3, 0.4) is 0 Å². The Morgan fingerprint density at radius 2 is 1.52 bits per heavy atom. The number of Topliss-reactive ketones (excluding diaryl/α,β-unsaturated/α-hetero) is 1. The number of ketones is 1. The molecule has 2 N–H and O–H groups in total. The topological polar surface area (TPSA) is 110 Å². The lowest BCUT2D eigenvalue weighted by Crippen LogP contribution is -2.24. The van der Waals surface area contributed by atoms with Crippen LogP contribution < -0.4 is 10.0 Å². The maximum absolute atomic E-state index is 12.7. The highest BCUT2D eigenvalue weighted by Crippen LogP contribution is 2.20. The standard InChI is InChI=1S/C20H20N4O4S/c1-13-18(14(2)24(22-13)17-7-5-4-6-8-17)19(25)20(26)21-15-9-11-16(12-10-15)23-29(3,27)28/h4-12,23H,1-3H3,(H,21,26). The molecule has 0 radical (unpaired) electrons. The van der Waals surface area contributed by atoms with Gasteiger partial charge in [-0.1, -0.05) is 18.2 Å². The van der Waals surface area contributed by atoms with Gasteiger partial charge in [-0.3, -0.25) is 14.3 Å². The van der Waals surface area contributed by atoms with E-state index in [1.807, 2.05) is 30.3 Å². The number of carbonyl (C=O) groups excluding carboxylic acids is 2. The first-order valence-electron chi connectivity index (χ1n) is 8.71. The number of anilines is 2. The van der Waals surface area contributed by atoms with Crippen molar-refractivity contribution in [2.75, 3.05) is 16.3 Å². The van der Waals surface area contributed by atoms with Crippen molar-refractivity contribution < 1.29 is 18.0 Å². The Bertz CT molecular complexity index is 1170. The third kappa shape index (κ3) is 4.69. The third-order valence-corrected chi connectivity index (χ3v) is 4.78. The smallest absolute Gasteiger partial charge is 0.296 e. The summed E-state index contributed by atoms with van der Waals surface area (Å²) in [7, 11) is -3.39. The van der Waals surface area contributed by atoms with Gasteiger partial charge in [0.15, 0.2) is 0 Å². The predicted molar refractivity (Wildman–Crippen MR) is 111 cm³/mol. The summed E-state index contributed by atoms with van der Waals surface area (Å²) in [6.07, 6.45) is 1.04. The number of nitrogens with zero attached hydrogens (tertiary/aromatic N) is 2. The number of hydrogen-bond acceptors (Lipinski definition) is 5. The molecule has 150 valence electrons. The Morgan fingerprint density at radius 1 is 0.931 bits per heavy atom. The Labute approximate surface area is 168 Å². The molecule has 0 aliphatic heterocycles. The number of para-hydroxylation sites is 1. The Morgan fingerprint density at radius 3 is 2.10 bits per heavy atom. The van der Waals surface area contributed by atoms with Crippen LogP contribution in [-0.2, 0) is 14.8 Å². The first-order chi connectivity index (χ1) is 13.7. The van der Waals surface area contributed by atoms with Crippen LogP contribution in [0.2, 0.25) is 0 Å². The molecular weight excluding hydrogens is 392 g/mol. The van der Waals surface area contributed by atoms with Crippen LogP contribution in [-0.4, -0.2) is 36.1 Å². The zero-order chi connectivity index (χ0) is 21.2. The van der Waals surface area contributed by atoms with Gasteiger partial charge < -0.3 is 5.32 Å². The van der Waals surface area contributed by atoms with E-state index in [0.717, 1.165) is 11.9 Å². The van der Waals surface area contributed by atoms with Crippen molar-refractivity contribution in [3.05, 3.63) is 71.5 Å². The Hall–Kier alpha value is -3.46. The molecule has 3 rings (SSSR count). The van der Waals surface area contributed by atoms with Crippen LogP contribution in [0.1, 0.15) is 21.7 Å². The van der Waals surface area contributed by atoms with Crippen LogP contribution in [0, 0.1) is 13.8 Å². The van der Waals surface area contributed by atoms with Gasteiger partial charge in [0.25, 0.3) is 11.7 Å². The van der Waals surface area contributed by atoms with Crippen LogP contribution in [0.5, 0.6) is 0 Å². The molecule has 29 heavy (non-hydrogen) atoms. The third-order valence-electron chi connectivity index (χ3n) is 4.17. The number of hydrogen-bond donors (Lipinski definition) is 2. The summed E-state index contributed by atoms with van der Waals surface area (Å²) < 4.78 is 26.4. The molecule has 1 aromatic heterocycles. The maximum Gasteiger partial charge on any atom is 0.296 e. The summed E-state index contributed by atoms with van der Waals surface area (Å²) in [5.74, 6) is -1.49. The molecule has 2 aromatic carbocycles. The van der Waals surface area contributed by atoms with E-state index in [4.69, 9.17) is 0 Å². The monoisotopic (exact) mass is 412 g/mol. The second kappa shape index (κ2) is 7.88. The van der Waals surface area contributed by atoms with Crippen LogP contribution >= 0.6 is 0 Å². The summed E-state index contributed by atoms with van der Waals surface area (Å²) in [4.78, 5) is 25.2. The van der Waals surface area contributed by atoms with E-state index >= 15 is 0 Å². The number of amides is 1. The van der Waals surface area contributed by atoms with E-state index in [1.165, 1.54) is 24.3 Å². The second-order valence-corrected chi connectivity index (χ2v) is 8.28. The molecule has 0 bridgehead atoms. The van der Waals surface area contributed by atoms with Crippen molar-refractivity contribution in [1.29, 1.82) is 0 Å². The molecule has 9 heteroatoms. The van der Waals surface area contributed by atoms with Crippen molar-refractivity contribution >= 4 is 33.1 Å². The molecule has 0 saturated carbocycles. The summed E-state index contributed by atoms with van der Waals surface area (Å²) in [5.41, 5.74) is 2.80. The molecule has 1 heterocycles. The first kappa shape index (κ1) is 20.3. The van der Waals surface area contributed by atoms with Crippen molar-refractivity contribution in [2.24, 2.45) is 0 Å². The lowest BCUT2D eigenvalue weighted by Gasteiger charge is -2.08. The van der Waals surface area contributed by atoms with E-state index in [0.29, 0.717) is 22.8 Å². The normalized spacial score (nSPS) is 11.1. The molecular formula is C20H20N4O4S. The van der Waals surface area contributed by atoms with E-state index in [1.54, 1.807) is 18.5 Å². The SMILES string of the molecule is Cc1nn(-c2ccccc2)c(C)c1C(=O)C(=O)Nc1ccc(NS(C)(=O)=O)cc1. The zero-order valence-corrected chi connectivity index (χ0v) is 16.9. The molecule has 0 aliphatic rings. The highest BCUT2D eigenvalue weighted by molar-refractivity contribution is 7.92. The average Bonchev–Trinajstić information content (AvgIpc) is 2.96. The van der Waals surface area contributed by atoms with Gasteiger partial charge in [0, 0.05) is 11.4 Å². The highest BCUT2D eigenvalue weighted by atomic mass is 32.2. The molecule has 0 saturated heterocycles. The molecule has 0 atom stereocenters. The van der Waals surface area contributed by atoms with E-state index in [-0.39, 0.29) is 5.56 Å². The lowest BCUT2D eigenvalue weighted by atomic mass is 10.1. The number of aromatic nitrogens is 2. The second-order valence-electron chi connectivity index (χ2n) is 6.53. The Balaban J connectivity index is 1.79. The number of carbonyl (C=O) groups is 2. The van der Waals surface area contributed by atoms with Gasteiger partial charge in [-0.05, 0) is 50.2 Å². The summed E-state index contributed by atoms with van der Waals surface area (Å²) in [6.45, 7) is 3.41. The molecule has 3 aromatic rings. The highest BCUT2D eigenvalue weighted by Gasteiger charge is 2.25. The van der Waals surface area contributed by atoms with Gasteiger partial charge in [-0.15, -0.1) is 0 Å². The minimum Gasteiger partial charge on any atom is -0.319 e. The van der Waals surface area contributed by atoms with Crippen LogP contribution in [0.25, 0.3) is 5.69 Å². The quantitative estimate of drug-likeness (QED) is 0.478. The number of benzene rings is 2. The van der Waals surface area contributed by atoms with E-state index in [2.05, 4.69) is 15.1 Å². The molecule has 1 amide bonds. The lowest BCUT2D eigenvalue weighted by molar-refractivity contribution is -0.112. The van der Waals surface area contributed by atoms with E-state index in [9.17, 15) is 18.0 Å². The molecule has 0 spiro atoms. The Kier molecular flexibility index (Phi) is 5.51. The fourth-order valence-corrected chi connectivity index (χ4v) is 3.49. The van der Waals surface area contributed by atoms with Gasteiger partial charge in [0.05, 0.1) is 28.9 Å². The number of rotatable bonds is 6. The number of sulfonamides is 1. The largest absolute Gasteiger partial charge is 0.319 e. The summed E-state index contributed by atoms with van der Waals surface area (Å²) in [5, 5.41) is 6.92. The molecule has 0 aliphatic carbocycles. The van der Waals surface area contributed by atoms with Gasteiger partial charge in [0.1, 0.15) is 0 Å². The van der Waals surface area contributed by atoms with Crippen LogP contribution in [0.15, 0.2) is 54.6 Å². The first-order valence-corrected chi connectivity index (χ1v) is 10.6. The maximum atomic E-state index is 12.7. The molecule has 0 fully saturated rings. The minimum absolute atomic E-state index is 0.252. The molecule has 0 unspecified atom stereocenters. The number of nitrogens with one attached hydrogen (secondary N) is 2. The van der Waals surface area contributed by atoms with Crippen molar-refractivity contribution in [3.63, 3.8) is 0 Å². The summed E-state index contributed by atoms with van der Waals surface area (Å²) in [6, 6.07) is 15.3. The fourth-order valence-electron chi connectivity index (χ4n) is 2.93.